The number of aliphatic hydroxyl groups is 1. The van der Waals surface area contributed by atoms with Crippen LogP contribution in [0.2, 0.25) is 0 Å². The van der Waals surface area contributed by atoms with Gasteiger partial charge in [-0.15, -0.1) is 0 Å². The van der Waals surface area contributed by atoms with Crippen LogP contribution in [0.5, 0.6) is 0 Å². The number of amides is 1. The van der Waals surface area contributed by atoms with Gasteiger partial charge in [0.25, 0.3) is 0 Å². The number of primary amides is 1. The number of carbonyl (C=O) groups excluding carboxylic acids is 1. The third-order valence-corrected chi connectivity index (χ3v) is 4.51. The topological polar surface area (TPSA) is 75.3 Å². The minimum atomic E-state index is -0.525. The van der Waals surface area contributed by atoms with Crippen LogP contribution in [-0.2, 0) is 0 Å². The SMILES string of the molecule is CC(C)c1cccc(C(O)CNCC(C)c2ccc(C(N)=O)cc2)c1. The number of benzene rings is 2. The molecule has 0 aliphatic carbocycles. The highest BCUT2D eigenvalue weighted by molar-refractivity contribution is 5.92. The molecule has 4 nitrogen and oxygen atoms in total. The van der Waals surface area contributed by atoms with Crippen molar-refractivity contribution < 1.29 is 9.90 Å². The van der Waals surface area contributed by atoms with Gasteiger partial charge in [-0.25, -0.2) is 0 Å². The van der Waals surface area contributed by atoms with Crippen LogP contribution in [0.15, 0.2) is 48.5 Å². The highest BCUT2D eigenvalue weighted by Gasteiger charge is 2.11. The van der Waals surface area contributed by atoms with Gasteiger partial charge >= 0.3 is 0 Å². The maximum atomic E-state index is 11.1. The van der Waals surface area contributed by atoms with Crippen LogP contribution in [-0.4, -0.2) is 24.1 Å². The molecule has 0 spiro atoms. The zero-order chi connectivity index (χ0) is 18.4. The maximum absolute atomic E-state index is 11.1. The summed E-state index contributed by atoms with van der Waals surface area (Å²) in [7, 11) is 0. The van der Waals surface area contributed by atoms with E-state index >= 15 is 0 Å². The fraction of sp³-hybridized carbons (Fsp3) is 0.381. The number of carbonyl (C=O) groups is 1. The first-order valence-electron chi connectivity index (χ1n) is 8.77. The maximum Gasteiger partial charge on any atom is 0.248 e. The van der Waals surface area contributed by atoms with E-state index in [1.165, 1.54) is 5.56 Å². The van der Waals surface area contributed by atoms with E-state index in [4.69, 9.17) is 5.73 Å². The number of hydrogen-bond acceptors (Lipinski definition) is 3. The molecule has 0 fully saturated rings. The van der Waals surface area contributed by atoms with Gasteiger partial charge in [-0.3, -0.25) is 4.79 Å². The third kappa shape index (κ3) is 5.41. The molecule has 2 rings (SSSR count). The minimum Gasteiger partial charge on any atom is -0.387 e. The Morgan fingerprint density at radius 1 is 1.00 bits per heavy atom. The first-order valence-corrected chi connectivity index (χ1v) is 8.77. The first-order chi connectivity index (χ1) is 11.9. The lowest BCUT2D eigenvalue weighted by atomic mass is 9.98. The second kappa shape index (κ2) is 8.79. The summed E-state index contributed by atoms with van der Waals surface area (Å²) in [6.45, 7) is 7.66. The van der Waals surface area contributed by atoms with Gasteiger partial charge in [-0.05, 0) is 40.7 Å². The van der Waals surface area contributed by atoms with E-state index in [-0.39, 0.29) is 5.92 Å². The predicted octanol–water partition coefficient (Wildman–Crippen LogP) is 3.34. The zero-order valence-electron chi connectivity index (χ0n) is 15.2. The fourth-order valence-corrected chi connectivity index (χ4v) is 2.77. The van der Waals surface area contributed by atoms with Crippen molar-refractivity contribution >= 4 is 5.91 Å². The Bertz CT molecular complexity index is 695. The third-order valence-electron chi connectivity index (χ3n) is 4.51. The Kier molecular flexibility index (Phi) is 6.73. The lowest BCUT2D eigenvalue weighted by Gasteiger charge is -2.17. The molecule has 0 aliphatic rings. The summed E-state index contributed by atoms with van der Waals surface area (Å²) < 4.78 is 0. The van der Waals surface area contributed by atoms with Crippen molar-refractivity contribution in [3.63, 3.8) is 0 Å². The van der Waals surface area contributed by atoms with Crippen LogP contribution < -0.4 is 11.1 Å². The van der Waals surface area contributed by atoms with Gasteiger partial charge < -0.3 is 16.2 Å². The summed E-state index contributed by atoms with van der Waals surface area (Å²) in [4.78, 5) is 11.1. The Morgan fingerprint density at radius 3 is 2.24 bits per heavy atom. The van der Waals surface area contributed by atoms with Crippen molar-refractivity contribution in [1.82, 2.24) is 5.32 Å². The smallest absolute Gasteiger partial charge is 0.248 e. The largest absolute Gasteiger partial charge is 0.387 e. The Hall–Kier alpha value is -2.17. The van der Waals surface area contributed by atoms with E-state index in [2.05, 4.69) is 38.2 Å². The van der Waals surface area contributed by atoms with E-state index in [1.54, 1.807) is 12.1 Å². The van der Waals surface area contributed by atoms with E-state index in [0.29, 0.717) is 18.0 Å². The lowest BCUT2D eigenvalue weighted by molar-refractivity contribution is 0.1000. The summed E-state index contributed by atoms with van der Waals surface area (Å²) in [5.74, 6) is 0.309. The highest BCUT2D eigenvalue weighted by atomic mass is 16.3. The molecule has 2 atom stereocenters. The van der Waals surface area contributed by atoms with Gasteiger partial charge in [-0.2, -0.15) is 0 Å². The molecule has 4 N–H and O–H groups in total. The molecule has 134 valence electrons. The van der Waals surface area contributed by atoms with E-state index < -0.39 is 12.0 Å². The molecule has 25 heavy (non-hydrogen) atoms. The number of rotatable bonds is 8. The average Bonchev–Trinajstić information content (AvgIpc) is 2.61. The number of aliphatic hydroxyl groups excluding tert-OH is 1. The molecular formula is C21H28N2O2. The highest BCUT2D eigenvalue weighted by Crippen LogP contribution is 2.20. The lowest BCUT2D eigenvalue weighted by Crippen LogP contribution is -2.25. The van der Waals surface area contributed by atoms with E-state index in [0.717, 1.165) is 17.7 Å². The molecule has 4 heteroatoms. The quantitative estimate of drug-likeness (QED) is 0.690. The molecular weight excluding hydrogens is 312 g/mol. The van der Waals surface area contributed by atoms with E-state index in [9.17, 15) is 9.90 Å². The molecule has 2 unspecified atom stereocenters. The Balaban J connectivity index is 1.87. The van der Waals surface area contributed by atoms with Crippen LogP contribution in [0.4, 0.5) is 0 Å². The summed E-state index contributed by atoms with van der Waals surface area (Å²) in [6.07, 6.45) is -0.525. The van der Waals surface area contributed by atoms with Gasteiger partial charge in [0.05, 0.1) is 6.10 Å². The molecule has 0 bridgehead atoms. The molecule has 0 aromatic heterocycles. The predicted molar refractivity (Wildman–Crippen MR) is 102 cm³/mol. The van der Waals surface area contributed by atoms with Gasteiger partial charge in [-0.1, -0.05) is 57.2 Å². The Morgan fingerprint density at radius 2 is 1.64 bits per heavy atom. The monoisotopic (exact) mass is 340 g/mol. The normalized spacial score (nSPS) is 13.6. The van der Waals surface area contributed by atoms with Crippen LogP contribution >= 0.6 is 0 Å². The molecule has 0 saturated carbocycles. The van der Waals surface area contributed by atoms with Crippen LogP contribution in [0.25, 0.3) is 0 Å². The molecule has 0 saturated heterocycles. The van der Waals surface area contributed by atoms with Crippen LogP contribution in [0, 0.1) is 0 Å². The number of nitrogens with two attached hydrogens (primary N) is 1. The second-order valence-electron chi connectivity index (χ2n) is 6.89. The summed E-state index contributed by atoms with van der Waals surface area (Å²) in [6, 6.07) is 15.5. The van der Waals surface area contributed by atoms with Gasteiger partial charge in [0.2, 0.25) is 5.91 Å². The first kappa shape index (κ1) is 19.2. The van der Waals surface area contributed by atoms with Crippen molar-refractivity contribution in [1.29, 1.82) is 0 Å². The summed E-state index contributed by atoms with van der Waals surface area (Å²) >= 11 is 0. The molecule has 2 aromatic rings. The van der Waals surface area contributed by atoms with Gasteiger partial charge in [0.1, 0.15) is 0 Å². The van der Waals surface area contributed by atoms with E-state index in [1.807, 2.05) is 24.3 Å². The van der Waals surface area contributed by atoms with Crippen molar-refractivity contribution in [2.45, 2.75) is 38.7 Å². The van der Waals surface area contributed by atoms with Crippen molar-refractivity contribution in [2.75, 3.05) is 13.1 Å². The molecule has 0 radical (unpaired) electrons. The summed E-state index contributed by atoms with van der Waals surface area (Å²) in [5.41, 5.74) is 9.09. The fourth-order valence-electron chi connectivity index (χ4n) is 2.77. The van der Waals surface area contributed by atoms with Crippen LogP contribution in [0.1, 0.15) is 65.8 Å². The zero-order valence-corrected chi connectivity index (χ0v) is 15.2. The van der Waals surface area contributed by atoms with Crippen molar-refractivity contribution in [3.05, 3.63) is 70.8 Å². The average molecular weight is 340 g/mol. The molecule has 0 aliphatic heterocycles. The molecule has 1 amide bonds. The summed E-state index contributed by atoms with van der Waals surface area (Å²) in [5, 5.41) is 13.7. The van der Waals surface area contributed by atoms with Gasteiger partial charge in [0.15, 0.2) is 0 Å². The minimum absolute atomic E-state index is 0.274. The molecule has 0 heterocycles. The van der Waals surface area contributed by atoms with Crippen molar-refractivity contribution in [3.8, 4) is 0 Å². The number of nitrogens with one attached hydrogen (secondary N) is 1. The van der Waals surface area contributed by atoms with Crippen LogP contribution in [0.3, 0.4) is 0 Å². The van der Waals surface area contributed by atoms with Crippen molar-refractivity contribution in [2.24, 2.45) is 5.73 Å². The number of hydrogen-bond donors (Lipinski definition) is 3. The molecule has 2 aromatic carbocycles. The van der Waals surface area contributed by atoms with Gasteiger partial charge in [0, 0.05) is 18.7 Å². The Labute approximate surface area is 150 Å². The standard InChI is InChI=1S/C21H28N2O2/c1-14(2)18-5-4-6-19(11-18)20(24)13-23-12-15(3)16-7-9-17(10-8-16)21(22)25/h4-11,14-15,20,23-24H,12-13H2,1-3H3,(H2,22,25). The second-order valence-corrected chi connectivity index (χ2v) is 6.89.